The Morgan fingerprint density at radius 3 is 2.71 bits per heavy atom. The third-order valence-corrected chi connectivity index (χ3v) is 4.00. The lowest BCUT2D eigenvalue weighted by Gasteiger charge is -2.34. The summed E-state index contributed by atoms with van der Waals surface area (Å²) in [6.07, 6.45) is 2.50. The van der Waals surface area contributed by atoms with Gasteiger partial charge in [0.2, 0.25) is 0 Å². The molecule has 0 bridgehead atoms. The summed E-state index contributed by atoms with van der Waals surface area (Å²) in [7, 11) is 1.84. The van der Waals surface area contributed by atoms with Crippen LogP contribution in [-0.4, -0.2) is 57.0 Å². The number of aromatic nitrogens is 2. The Morgan fingerprint density at radius 2 is 2.10 bits per heavy atom. The molecule has 1 unspecified atom stereocenters. The summed E-state index contributed by atoms with van der Waals surface area (Å²) < 4.78 is 7.10. The van der Waals surface area contributed by atoms with Crippen molar-refractivity contribution >= 4 is 11.9 Å². The quantitative estimate of drug-likeness (QED) is 0.882. The van der Waals surface area contributed by atoms with Crippen molar-refractivity contribution in [1.29, 1.82) is 0 Å². The van der Waals surface area contributed by atoms with E-state index in [-0.39, 0.29) is 18.6 Å². The number of carboxylic acids is 1. The van der Waals surface area contributed by atoms with Crippen LogP contribution < -0.4 is 0 Å². The fraction of sp³-hybridized carbons (Fsp3) is 0.643. The Bertz CT molecular complexity index is 579. The maximum atomic E-state index is 12.7. The van der Waals surface area contributed by atoms with E-state index < -0.39 is 12.1 Å². The third-order valence-electron chi connectivity index (χ3n) is 4.00. The van der Waals surface area contributed by atoms with Crippen molar-refractivity contribution in [3.05, 3.63) is 17.5 Å². The molecule has 1 aromatic heterocycles. The van der Waals surface area contributed by atoms with Crippen LogP contribution in [0.3, 0.4) is 0 Å². The molecule has 3 rings (SSSR count). The molecule has 7 heteroatoms. The molecule has 1 amide bonds. The zero-order chi connectivity index (χ0) is 15.1. The number of ether oxygens (including phenoxy) is 1. The van der Waals surface area contributed by atoms with Gasteiger partial charge in [0, 0.05) is 19.5 Å². The molecule has 2 aliphatic rings. The highest BCUT2D eigenvalue weighted by atomic mass is 16.5. The molecular formula is C14H19N3O4. The molecule has 1 aliphatic heterocycles. The SMILES string of the molecule is C[C@@H]1CN(C(=O)c2cnn(C)c2C2CC2)CC(C(=O)O)O1. The van der Waals surface area contributed by atoms with Gasteiger partial charge in [-0.3, -0.25) is 9.48 Å². The zero-order valence-electron chi connectivity index (χ0n) is 12.2. The Kier molecular flexibility index (Phi) is 3.44. The smallest absolute Gasteiger partial charge is 0.334 e. The van der Waals surface area contributed by atoms with Crippen molar-refractivity contribution in [1.82, 2.24) is 14.7 Å². The zero-order valence-corrected chi connectivity index (χ0v) is 12.2. The van der Waals surface area contributed by atoms with E-state index in [1.54, 1.807) is 22.7 Å². The molecular weight excluding hydrogens is 274 g/mol. The van der Waals surface area contributed by atoms with Gasteiger partial charge in [0.1, 0.15) is 0 Å². The molecule has 2 fully saturated rings. The van der Waals surface area contributed by atoms with Crippen molar-refractivity contribution in [2.75, 3.05) is 13.1 Å². The first-order valence-corrected chi connectivity index (χ1v) is 7.16. The molecule has 1 aliphatic carbocycles. The summed E-state index contributed by atoms with van der Waals surface area (Å²) in [4.78, 5) is 25.4. The van der Waals surface area contributed by atoms with Gasteiger partial charge in [0.15, 0.2) is 6.10 Å². The van der Waals surface area contributed by atoms with Crippen LogP contribution in [0.4, 0.5) is 0 Å². The highest BCUT2D eigenvalue weighted by molar-refractivity contribution is 5.96. The third kappa shape index (κ3) is 2.65. The number of carboxylic acid groups (broad SMARTS) is 1. The number of carbonyl (C=O) groups is 2. The van der Waals surface area contributed by atoms with E-state index in [4.69, 9.17) is 9.84 Å². The van der Waals surface area contributed by atoms with Gasteiger partial charge in [-0.05, 0) is 19.8 Å². The summed E-state index contributed by atoms with van der Waals surface area (Å²) >= 11 is 0. The topological polar surface area (TPSA) is 84.7 Å². The van der Waals surface area contributed by atoms with E-state index in [0.717, 1.165) is 18.5 Å². The van der Waals surface area contributed by atoms with Crippen LogP contribution in [0.2, 0.25) is 0 Å². The van der Waals surface area contributed by atoms with E-state index in [2.05, 4.69) is 5.10 Å². The van der Waals surface area contributed by atoms with Crippen LogP contribution >= 0.6 is 0 Å². The predicted octanol–water partition coefficient (Wildman–Crippen LogP) is 0.612. The Balaban J connectivity index is 1.83. The number of nitrogens with zero attached hydrogens (tertiary/aromatic N) is 3. The Hall–Kier alpha value is -1.89. The molecule has 7 nitrogen and oxygen atoms in total. The van der Waals surface area contributed by atoms with Gasteiger partial charge in [-0.15, -0.1) is 0 Å². The van der Waals surface area contributed by atoms with Crippen LogP contribution in [0.15, 0.2) is 6.20 Å². The van der Waals surface area contributed by atoms with Crippen LogP contribution in [0, 0.1) is 0 Å². The molecule has 0 aromatic carbocycles. The van der Waals surface area contributed by atoms with Gasteiger partial charge in [-0.1, -0.05) is 0 Å². The van der Waals surface area contributed by atoms with Crippen molar-refractivity contribution in [3.8, 4) is 0 Å². The van der Waals surface area contributed by atoms with Crippen LogP contribution in [0.5, 0.6) is 0 Å². The van der Waals surface area contributed by atoms with Crippen molar-refractivity contribution < 1.29 is 19.4 Å². The number of morpholine rings is 1. The lowest BCUT2D eigenvalue weighted by Crippen LogP contribution is -2.51. The molecule has 1 saturated carbocycles. The minimum atomic E-state index is -1.03. The summed E-state index contributed by atoms with van der Waals surface area (Å²) in [6, 6.07) is 0. The van der Waals surface area contributed by atoms with E-state index in [0.29, 0.717) is 18.0 Å². The molecule has 1 aromatic rings. The average Bonchev–Trinajstić information content (AvgIpc) is 3.20. The molecule has 2 heterocycles. The number of aryl methyl sites for hydroxylation is 1. The van der Waals surface area contributed by atoms with E-state index in [1.165, 1.54) is 0 Å². The number of rotatable bonds is 3. The van der Waals surface area contributed by atoms with Gasteiger partial charge in [0.05, 0.1) is 30.1 Å². The predicted molar refractivity (Wildman–Crippen MR) is 73.1 cm³/mol. The fourth-order valence-electron chi connectivity index (χ4n) is 2.88. The molecule has 1 N–H and O–H groups in total. The first-order valence-electron chi connectivity index (χ1n) is 7.16. The average molecular weight is 293 g/mol. The second-order valence-electron chi connectivity index (χ2n) is 5.83. The summed E-state index contributed by atoms with van der Waals surface area (Å²) in [6.45, 7) is 2.26. The Labute approximate surface area is 122 Å². The van der Waals surface area contributed by atoms with Gasteiger partial charge in [0.25, 0.3) is 5.91 Å². The maximum absolute atomic E-state index is 12.7. The van der Waals surface area contributed by atoms with E-state index in [1.807, 2.05) is 7.05 Å². The number of carbonyl (C=O) groups excluding carboxylic acids is 1. The molecule has 21 heavy (non-hydrogen) atoms. The minimum absolute atomic E-state index is 0.0809. The largest absolute Gasteiger partial charge is 0.479 e. The normalized spacial score (nSPS) is 25.9. The second kappa shape index (κ2) is 5.14. The minimum Gasteiger partial charge on any atom is -0.479 e. The highest BCUT2D eigenvalue weighted by Gasteiger charge is 2.37. The molecule has 2 atom stereocenters. The molecule has 1 saturated heterocycles. The maximum Gasteiger partial charge on any atom is 0.334 e. The summed E-state index contributed by atoms with van der Waals surface area (Å²) in [5.41, 5.74) is 1.56. The van der Waals surface area contributed by atoms with E-state index >= 15 is 0 Å². The van der Waals surface area contributed by atoms with Crippen molar-refractivity contribution in [2.24, 2.45) is 7.05 Å². The first kappa shape index (κ1) is 14.1. The number of hydrogen-bond donors (Lipinski definition) is 1. The van der Waals surface area contributed by atoms with Crippen LogP contribution in [0.1, 0.15) is 41.7 Å². The number of hydrogen-bond acceptors (Lipinski definition) is 4. The molecule has 0 spiro atoms. The number of aliphatic carboxylic acids is 1. The standard InChI is InChI=1S/C14H19N3O4/c1-8-6-17(7-11(21-8)14(19)20)13(18)10-5-15-16(2)12(10)9-3-4-9/h5,8-9,11H,3-4,6-7H2,1-2H3,(H,19,20)/t8-,11?/m1/s1. The summed E-state index contributed by atoms with van der Waals surface area (Å²) in [5, 5.41) is 13.3. The van der Waals surface area contributed by atoms with E-state index in [9.17, 15) is 9.59 Å². The first-order chi connectivity index (χ1) is 9.97. The Morgan fingerprint density at radius 1 is 1.38 bits per heavy atom. The monoisotopic (exact) mass is 293 g/mol. The lowest BCUT2D eigenvalue weighted by molar-refractivity contribution is -0.160. The second-order valence-corrected chi connectivity index (χ2v) is 5.83. The van der Waals surface area contributed by atoms with Crippen molar-refractivity contribution in [3.63, 3.8) is 0 Å². The highest BCUT2D eigenvalue weighted by Crippen LogP contribution is 2.41. The van der Waals surface area contributed by atoms with Gasteiger partial charge in [-0.2, -0.15) is 5.10 Å². The van der Waals surface area contributed by atoms with Crippen LogP contribution in [0.25, 0.3) is 0 Å². The fourth-order valence-corrected chi connectivity index (χ4v) is 2.88. The molecule has 114 valence electrons. The van der Waals surface area contributed by atoms with Crippen molar-refractivity contribution in [2.45, 2.75) is 37.9 Å². The van der Waals surface area contributed by atoms with Gasteiger partial charge in [-0.25, -0.2) is 4.79 Å². The molecule has 0 radical (unpaired) electrons. The number of amides is 1. The lowest BCUT2D eigenvalue weighted by atomic mass is 10.1. The van der Waals surface area contributed by atoms with Crippen LogP contribution in [-0.2, 0) is 16.6 Å². The van der Waals surface area contributed by atoms with Gasteiger partial charge >= 0.3 is 5.97 Å². The summed E-state index contributed by atoms with van der Waals surface area (Å²) in [5.74, 6) is -0.774. The van der Waals surface area contributed by atoms with Gasteiger partial charge < -0.3 is 14.7 Å².